The molecule has 0 amide bonds. The fourth-order valence-corrected chi connectivity index (χ4v) is 6.97. The molecule has 66 heavy (non-hydrogen) atoms. The van der Waals surface area contributed by atoms with E-state index in [2.05, 4.69) is 29.6 Å². The maximum absolute atomic E-state index is 15.0. The summed E-state index contributed by atoms with van der Waals surface area (Å²) in [6.07, 6.45) is 0.106. The van der Waals surface area contributed by atoms with Crippen LogP contribution in [0.3, 0.4) is 0 Å². The van der Waals surface area contributed by atoms with Gasteiger partial charge in [-0.25, -0.2) is 42.1 Å². The number of hydrogen-bond donors (Lipinski definition) is 4. The fourth-order valence-electron chi connectivity index (χ4n) is 5.48. The molecule has 25 nitrogen and oxygen atoms in total. The van der Waals surface area contributed by atoms with Gasteiger partial charge in [0.1, 0.15) is 19.8 Å². The summed E-state index contributed by atoms with van der Waals surface area (Å²) in [4.78, 5) is 51.7. The molecule has 0 aliphatic carbocycles. The van der Waals surface area contributed by atoms with Crippen LogP contribution < -0.4 is 18.5 Å². The quantitative estimate of drug-likeness (QED) is 0.0249. The summed E-state index contributed by atoms with van der Waals surface area (Å²) in [5.74, 6) is -1.47. The van der Waals surface area contributed by atoms with E-state index in [-0.39, 0.29) is 73.1 Å². The zero-order chi connectivity index (χ0) is 48.1. The third kappa shape index (κ3) is 16.7. The first-order valence-electron chi connectivity index (χ1n) is 20.1. The number of carbonyl (C=O) groups excluding carboxylic acids is 2. The van der Waals surface area contributed by atoms with Crippen molar-refractivity contribution < 1.29 is 86.4 Å². The van der Waals surface area contributed by atoms with E-state index in [0.717, 1.165) is 5.56 Å². The van der Waals surface area contributed by atoms with Gasteiger partial charge in [-0.3, -0.25) is 25.7 Å². The first-order chi connectivity index (χ1) is 31.5. The second-order valence-corrected chi connectivity index (χ2v) is 16.2. The lowest BCUT2D eigenvalue weighted by atomic mass is 9.87. The maximum atomic E-state index is 15.0. The van der Waals surface area contributed by atoms with Crippen molar-refractivity contribution in [1.29, 1.82) is 0 Å². The number of rotatable bonds is 27. The molecule has 0 aliphatic heterocycles. The van der Waals surface area contributed by atoms with E-state index in [1.165, 1.54) is 50.7 Å². The van der Waals surface area contributed by atoms with Gasteiger partial charge in [0.25, 0.3) is 15.9 Å². The summed E-state index contributed by atoms with van der Waals surface area (Å²) >= 11 is 0. The topological polar surface area (TPSA) is 303 Å². The number of anilines is 1. The molecule has 0 saturated carbocycles. The monoisotopic (exact) mass is 951 g/mol. The molecule has 0 saturated heterocycles. The normalized spacial score (nSPS) is 12.1. The summed E-state index contributed by atoms with van der Waals surface area (Å²) in [6, 6.07) is 14.0. The van der Waals surface area contributed by atoms with Crippen LogP contribution in [0.5, 0.6) is 23.1 Å². The predicted octanol–water partition coefficient (Wildman–Crippen LogP) is 5.47. The van der Waals surface area contributed by atoms with Gasteiger partial charge in [-0.1, -0.05) is 45.0 Å². The first kappa shape index (κ1) is 52.6. The van der Waals surface area contributed by atoms with Crippen molar-refractivity contribution >= 4 is 28.2 Å². The minimum atomic E-state index is -4.80. The molecule has 2 aromatic heterocycles. The minimum Gasteiger partial charge on any atom is -0.493 e. The number of hydrogen-bond acceptors (Lipinski definition) is 24. The van der Waals surface area contributed by atoms with Crippen molar-refractivity contribution in [3.8, 4) is 34.8 Å². The Hall–Kier alpha value is -6.07. The number of benzene rings is 2. The lowest BCUT2D eigenvalue weighted by Crippen LogP contribution is -2.42. The Kier molecular flexibility index (Phi) is 20.8. The zero-order valence-corrected chi connectivity index (χ0v) is 37.6. The van der Waals surface area contributed by atoms with Crippen LogP contribution in [0.15, 0.2) is 71.9 Å². The van der Waals surface area contributed by atoms with Gasteiger partial charge in [0.2, 0.25) is 11.6 Å². The van der Waals surface area contributed by atoms with Gasteiger partial charge in [0, 0.05) is 12.4 Å². The number of nitrogens with zero attached hydrogens (tertiary/aromatic N) is 7. The van der Waals surface area contributed by atoms with Crippen LogP contribution in [0.1, 0.15) is 52.5 Å². The van der Waals surface area contributed by atoms with Crippen molar-refractivity contribution in [2.75, 3.05) is 64.3 Å². The van der Waals surface area contributed by atoms with E-state index in [9.17, 15) is 9.59 Å². The highest BCUT2D eigenvalue weighted by atomic mass is 32.2. The molecule has 2 heterocycles. The van der Waals surface area contributed by atoms with Crippen LogP contribution in [0.4, 0.5) is 15.4 Å². The van der Waals surface area contributed by atoms with Gasteiger partial charge in [-0.05, 0) is 67.5 Å². The number of sulfonamides is 1. The summed E-state index contributed by atoms with van der Waals surface area (Å²) < 4.78 is 74.9. The van der Waals surface area contributed by atoms with Gasteiger partial charge in [-0.2, -0.15) is 4.98 Å². The van der Waals surface area contributed by atoms with Crippen molar-refractivity contribution in [2.45, 2.75) is 63.5 Å². The molecule has 362 valence electrons. The molecule has 2 aromatic carbocycles. The third-order valence-corrected chi connectivity index (χ3v) is 10.4. The SMILES string of the molecule is COc1ccccc1Oc1c(OCCOC(=O)OCCCCCON(O)O)nc(-c2ncccn2)nc1N(C(C)OC(=O)OCCOCCON(O)O)S(=O)(=O)c1ccc(C(C)(C)C)cc1. The summed E-state index contributed by atoms with van der Waals surface area (Å²) in [7, 11) is -3.42. The van der Waals surface area contributed by atoms with E-state index < -0.39 is 70.0 Å². The number of unbranched alkanes of at least 4 members (excludes halogenated alkanes) is 2. The molecule has 1 atom stereocenters. The Balaban J connectivity index is 1.75. The molecular formula is C40H53N7O18S. The molecule has 4 N–H and O–H groups in total. The lowest BCUT2D eigenvalue weighted by molar-refractivity contribution is -0.493. The van der Waals surface area contributed by atoms with E-state index in [0.29, 0.717) is 23.6 Å². The number of ether oxygens (including phenoxy) is 8. The second-order valence-electron chi connectivity index (χ2n) is 14.4. The molecule has 0 bridgehead atoms. The van der Waals surface area contributed by atoms with E-state index >= 15 is 8.42 Å². The molecule has 0 aliphatic rings. The fraction of sp³-hybridized carbons (Fsp3) is 0.450. The largest absolute Gasteiger partial charge is 0.510 e. The Morgan fingerprint density at radius 1 is 0.697 bits per heavy atom. The minimum absolute atomic E-state index is 0.00961. The molecule has 4 aromatic rings. The highest BCUT2D eigenvalue weighted by Gasteiger charge is 2.39. The molecule has 4 rings (SSSR count). The molecular weight excluding hydrogens is 899 g/mol. The van der Waals surface area contributed by atoms with Gasteiger partial charge in [-0.15, -0.1) is 0 Å². The zero-order valence-electron chi connectivity index (χ0n) is 36.7. The van der Waals surface area contributed by atoms with Gasteiger partial charge in [0.05, 0.1) is 55.8 Å². The first-order valence-corrected chi connectivity index (χ1v) is 21.6. The second kappa shape index (κ2) is 26.2. The Morgan fingerprint density at radius 3 is 1.97 bits per heavy atom. The summed E-state index contributed by atoms with van der Waals surface area (Å²) in [6.45, 7) is 5.44. The standard InChI is InChI=1S/C40H53N7O18S/c1-28(64-39(49)61-24-22-57-23-27-63-47(52)53)45(66(54,55)30-16-14-29(15-17-30)40(2,3)4)36-33(65-32-13-8-7-12-31(32)56-5)37(44-35(43-36)34-41-18-11-19-42-34)58-25-26-60-38(48)59-20-9-6-10-21-62-46(50)51/h7-8,11-19,28,50-53H,6,9-10,20-27H2,1-5H3. The average molecular weight is 952 g/mol. The van der Waals surface area contributed by atoms with Crippen molar-refractivity contribution in [3.63, 3.8) is 0 Å². The smallest absolute Gasteiger partial charge is 0.493 e. The predicted molar refractivity (Wildman–Crippen MR) is 223 cm³/mol. The summed E-state index contributed by atoms with van der Waals surface area (Å²) in [5, 5.41) is 33.6. The van der Waals surface area contributed by atoms with Crippen LogP contribution in [-0.2, 0) is 48.8 Å². The maximum Gasteiger partial charge on any atom is 0.510 e. The average Bonchev–Trinajstić information content (AvgIpc) is 3.27. The van der Waals surface area contributed by atoms with Crippen LogP contribution in [0.2, 0.25) is 0 Å². The number of methoxy groups -OCH3 is 1. The highest BCUT2D eigenvalue weighted by Crippen LogP contribution is 2.44. The molecule has 0 radical (unpaired) electrons. The van der Waals surface area contributed by atoms with Gasteiger partial charge < -0.3 is 37.9 Å². The van der Waals surface area contributed by atoms with Crippen LogP contribution in [0.25, 0.3) is 11.6 Å². The third-order valence-electron chi connectivity index (χ3n) is 8.59. The van der Waals surface area contributed by atoms with E-state index in [1.807, 2.05) is 20.8 Å². The molecule has 0 spiro atoms. The molecule has 26 heteroatoms. The Bertz CT molecular complexity index is 2220. The lowest BCUT2D eigenvalue weighted by Gasteiger charge is -2.30. The van der Waals surface area contributed by atoms with Gasteiger partial charge >= 0.3 is 12.3 Å². The van der Waals surface area contributed by atoms with Crippen LogP contribution >= 0.6 is 0 Å². The van der Waals surface area contributed by atoms with E-state index in [4.69, 9.17) is 58.7 Å². The van der Waals surface area contributed by atoms with Gasteiger partial charge in [0.15, 0.2) is 29.4 Å². The van der Waals surface area contributed by atoms with Crippen LogP contribution in [-0.4, -0.2) is 138 Å². The highest BCUT2D eigenvalue weighted by molar-refractivity contribution is 7.92. The van der Waals surface area contributed by atoms with E-state index in [1.54, 1.807) is 30.3 Å². The molecule has 0 fully saturated rings. The molecule has 1 unspecified atom stereocenters. The van der Waals surface area contributed by atoms with Crippen LogP contribution in [0, 0.1) is 0 Å². The number of para-hydroxylation sites is 2. The van der Waals surface area contributed by atoms with Crippen molar-refractivity contribution in [1.82, 2.24) is 30.7 Å². The number of aromatic nitrogens is 4. The Morgan fingerprint density at radius 2 is 1.30 bits per heavy atom. The summed E-state index contributed by atoms with van der Waals surface area (Å²) in [5.41, 5.74) is 0.467. The van der Waals surface area contributed by atoms with Crippen molar-refractivity contribution in [3.05, 3.63) is 72.6 Å². The number of carbonyl (C=O) groups is 2. The van der Waals surface area contributed by atoms with Crippen molar-refractivity contribution in [2.24, 2.45) is 0 Å². The Labute approximate surface area is 379 Å².